The van der Waals surface area contributed by atoms with Gasteiger partial charge in [0.1, 0.15) is 11.3 Å². The van der Waals surface area contributed by atoms with Crippen molar-refractivity contribution in [3.05, 3.63) is 77.6 Å². The van der Waals surface area contributed by atoms with Crippen LogP contribution >= 0.6 is 0 Å². The highest BCUT2D eigenvalue weighted by Crippen LogP contribution is 2.24. The number of aliphatic hydroxyl groups excluding tert-OH is 1. The molecule has 3 aromatic heterocycles. The Balaban J connectivity index is 1.30. The zero-order valence-electron chi connectivity index (χ0n) is 17.2. The van der Waals surface area contributed by atoms with Gasteiger partial charge < -0.3 is 19.1 Å². The lowest BCUT2D eigenvalue weighted by atomic mass is 10.0. The van der Waals surface area contributed by atoms with E-state index in [0.29, 0.717) is 30.6 Å². The monoisotopic (exact) mass is 417 g/mol. The molecule has 2 atom stereocenters. The topological polar surface area (TPSA) is 97.3 Å². The van der Waals surface area contributed by atoms with Gasteiger partial charge in [0.2, 0.25) is 0 Å². The SMILES string of the molecule is Cc1cc(C[C@@H]2CN(C(=O)c3cnc4c(c3)ncn4Cc3ccccc3)C[C@H]2O)on1. The average molecular weight is 417 g/mol. The Kier molecular flexibility index (Phi) is 4.99. The number of β-amino-alcohol motifs (C(OH)–C–C–N with tert-alkyl or cyclic N) is 1. The van der Waals surface area contributed by atoms with E-state index in [-0.39, 0.29) is 18.4 Å². The van der Waals surface area contributed by atoms with Gasteiger partial charge in [-0.2, -0.15) is 0 Å². The number of amides is 1. The molecule has 1 amide bonds. The molecule has 1 aromatic carbocycles. The van der Waals surface area contributed by atoms with Gasteiger partial charge in [-0.05, 0) is 18.6 Å². The van der Waals surface area contributed by atoms with Gasteiger partial charge in [0.15, 0.2) is 5.65 Å². The van der Waals surface area contributed by atoms with E-state index in [2.05, 4.69) is 27.3 Å². The van der Waals surface area contributed by atoms with Gasteiger partial charge in [0.25, 0.3) is 5.91 Å². The summed E-state index contributed by atoms with van der Waals surface area (Å²) >= 11 is 0. The van der Waals surface area contributed by atoms with Crippen molar-refractivity contribution in [2.75, 3.05) is 13.1 Å². The third-order valence-corrected chi connectivity index (χ3v) is 5.73. The third-order valence-electron chi connectivity index (χ3n) is 5.73. The molecule has 4 aromatic rings. The quantitative estimate of drug-likeness (QED) is 0.536. The molecule has 1 saturated heterocycles. The van der Waals surface area contributed by atoms with Crippen molar-refractivity contribution in [1.82, 2.24) is 24.6 Å². The number of carbonyl (C=O) groups excluding carboxylic acids is 1. The summed E-state index contributed by atoms with van der Waals surface area (Å²) in [6.07, 6.45) is 3.28. The van der Waals surface area contributed by atoms with E-state index in [1.807, 2.05) is 35.8 Å². The molecule has 0 bridgehead atoms. The lowest BCUT2D eigenvalue weighted by Crippen LogP contribution is -2.29. The maximum absolute atomic E-state index is 13.0. The highest BCUT2D eigenvalue weighted by molar-refractivity contribution is 5.96. The fourth-order valence-electron chi connectivity index (χ4n) is 4.14. The van der Waals surface area contributed by atoms with Crippen LogP contribution in [-0.2, 0) is 13.0 Å². The number of benzene rings is 1. The van der Waals surface area contributed by atoms with Crippen LogP contribution in [0, 0.1) is 12.8 Å². The minimum Gasteiger partial charge on any atom is -0.391 e. The molecule has 1 aliphatic heterocycles. The van der Waals surface area contributed by atoms with Crippen molar-refractivity contribution in [2.24, 2.45) is 5.92 Å². The van der Waals surface area contributed by atoms with Crippen LogP contribution in [0.1, 0.15) is 27.4 Å². The predicted molar refractivity (Wildman–Crippen MR) is 113 cm³/mol. The number of nitrogens with zero attached hydrogens (tertiary/aromatic N) is 5. The number of fused-ring (bicyclic) bond motifs is 1. The van der Waals surface area contributed by atoms with Crippen LogP contribution in [0.3, 0.4) is 0 Å². The minimum absolute atomic E-state index is 0.0851. The van der Waals surface area contributed by atoms with E-state index in [1.54, 1.807) is 23.5 Å². The fraction of sp³-hybridized carbons (Fsp3) is 0.304. The number of aryl methyl sites for hydroxylation is 1. The summed E-state index contributed by atoms with van der Waals surface area (Å²) in [4.78, 5) is 23.6. The first-order valence-electron chi connectivity index (χ1n) is 10.3. The van der Waals surface area contributed by atoms with Gasteiger partial charge in [-0.15, -0.1) is 0 Å². The highest BCUT2D eigenvalue weighted by Gasteiger charge is 2.35. The molecule has 8 heteroatoms. The van der Waals surface area contributed by atoms with Crippen molar-refractivity contribution < 1.29 is 14.4 Å². The van der Waals surface area contributed by atoms with E-state index >= 15 is 0 Å². The van der Waals surface area contributed by atoms with Gasteiger partial charge >= 0.3 is 0 Å². The zero-order valence-corrected chi connectivity index (χ0v) is 17.2. The molecule has 1 N–H and O–H groups in total. The molecule has 8 nitrogen and oxygen atoms in total. The summed E-state index contributed by atoms with van der Waals surface area (Å²) < 4.78 is 7.23. The predicted octanol–water partition coefficient (Wildman–Crippen LogP) is 2.45. The van der Waals surface area contributed by atoms with E-state index in [9.17, 15) is 9.90 Å². The summed E-state index contributed by atoms with van der Waals surface area (Å²) in [7, 11) is 0. The Labute approximate surface area is 179 Å². The van der Waals surface area contributed by atoms with Gasteiger partial charge in [-0.25, -0.2) is 9.97 Å². The molecule has 0 spiro atoms. The van der Waals surface area contributed by atoms with Crippen molar-refractivity contribution in [3.8, 4) is 0 Å². The number of hydrogen-bond donors (Lipinski definition) is 1. The number of aromatic nitrogens is 4. The van der Waals surface area contributed by atoms with E-state index in [0.717, 1.165) is 22.7 Å². The number of aliphatic hydroxyl groups is 1. The number of imidazole rings is 1. The second-order valence-electron chi connectivity index (χ2n) is 8.10. The normalized spacial score (nSPS) is 18.7. The molecule has 31 heavy (non-hydrogen) atoms. The second-order valence-corrected chi connectivity index (χ2v) is 8.10. The Bertz CT molecular complexity index is 1220. The van der Waals surface area contributed by atoms with Gasteiger partial charge in [0, 0.05) is 37.7 Å². The van der Waals surface area contributed by atoms with Crippen LogP contribution in [0.25, 0.3) is 11.2 Å². The maximum atomic E-state index is 13.0. The van der Waals surface area contributed by atoms with E-state index in [4.69, 9.17) is 4.52 Å². The smallest absolute Gasteiger partial charge is 0.255 e. The van der Waals surface area contributed by atoms with Crippen LogP contribution in [0.2, 0.25) is 0 Å². The number of rotatable bonds is 5. The Hall–Kier alpha value is -3.52. The van der Waals surface area contributed by atoms with Crippen LogP contribution in [0.5, 0.6) is 0 Å². The van der Waals surface area contributed by atoms with E-state index < -0.39 is 6.10 Å². The largest absolute Gasteiger partial charge is 0.391 e. The Morgan fingerprint density at radius 1 is 1.19 bits per heavy atom. The van der Waals surface area contributed by atoms with Gasteiger partial charge in [-0.3, -0.25) is 4.79 Å². The summed E-state index contributed by atoms with van der Waals surface area (Å²) in [6, 6.07) is 13.7. The highest BCUT2D eigenvalue weighted by atomic mass is 16.5. The van der Waals surface area contributed by atoms with Crippen molar-refractivity contribution in [1.29, 1.82) is 0 Å². The lowest BCUT2D eigenvalue weighted by Gasteiger charge is -2.15. The molecule has 0 radical (unpaired) electrons. The number of pyridine rings is 1. The first-order valence-corrected chi connectivity index (χ1v) is 10.3. The molecule has 5 rings (SSSR count). The van der Waals surface area contributed by atoms with Gasteiger partial charge in [0.05, 0.1) is 30.2 Å². The minimum atomic E-state index is -0.601. The van der Waals surface area contributed by atoms with E-state index in [1.165, 1.54) is 0 Å². The van der Waals surface area contributed by atoms with Crippen LogP contribution in [0.4, 0.5) is 0 Å². The second kappa shape index (κ2) is 7.96. The molecule has 0 unspecified atom stereocenters. The fourth-order valence-corrected chi connectivity index (χ4v) is 4.14. The standard InChI is InChI=1S/C23H23N5O3/c1-15-7-19(31-26-15)8-18-12-27(13-21(18)29)23(30)17-9-20-22(24-10-17)28(14-25-20)11-16-5-3-2-4-6-16/h2-7,9-10,14,18,21,29H,8,11-13H2,1H3/t18-,21-/m1/s1. The van der Waals surface area contributed by atoms with Crippen LogP contribution in [0.15, 0.2) is 59.5 Å². The molecule has 0 aliphatic carbocycles. The van der Waals surface area contributed by atoms with Crippen LogP contribution < -0.4 is 0 Å². The molecular weight excluding hydrogens is 394 g/mol. The molecular formula is C23H23N5O3. The first kappa shape index (κ1) is 19.4. The summed E-state index contributed by atoms with van der Waals surface area (Å²) in [5, 5.41) is 14.3. The molecule has 1 aliphatic rings. The third kappa shape index (κ3) is 3.94. The summed E-state index contributed by atoms with van der Waals surface area (Å²) in [5.41, 5.74) is 3.85. The van der Waals surface area contributed by atoms with Crippen LogP contribution in [-0.4, -0.2) is 54.8 Å². The number of likely N-dealkylation sites (tertiary alicyclic amines) is 1. The van der Waals surface area contributed by atoms with Gasteiger partial charge in [-0.1, -0.05) is 35.5 Å². The first-order chi connectivity index (χ1) is 15.1. The molecule has 4 heterocycles. The summed E-state index contributed by atoms with van der Waals surface area (Å²) in [5.74, 6) is 0.489. The average Bonchev–Trinajstić information content (AvgIpc) is 3.48. The van der Waals surface area contributed by atoms with Crippen molar-refractivity contribution in [2.45, 2.75) is 26.0 Å². The molecule has 0 saturated carbocycles. The molecule has 158 valence electrons. The Morgan fingerprint density at radius 3 is 2.81 bits per heavy atom. The molecule has 1 fully saturated rings. The van der Waals surface area contributed by atoms with Crippen molar-refractivity contribution >= 4 is 17.1 Å². The number of carbonyl (C=O) groups is 1. The zero-order chi connectivity index (χ0) is 21.4. The number of hydrogen-bond acceptors (Lipinski definition) is 6. The Morgan fingerprint density at radius 2 is 2.03 bits per heavy atom. The lowest BCUT2D eigenvalue weighted by molar-refractivity contribution is 0.0764. The summed E-state index contributed by atoms with van der Waals surface area (Å²) in [6.45, 7) is 3.27. The van der Waals surface area contributed by atoms with Crippen molar-refractivity contribution in [3.63, 3.8) is 0 Å². The maximum Gasteiger partial charge on any atom is 0.255 e.